The molecule has 0 amide bonds. The molecule has 0 radical (unpaired) electrons. The number of nitrogens with two attached hydrogens (primary N) is 1. The van der Waals surface area contributed by atoms with E-state index in [0.29, 0.717) is 53.4 Å². The highest BCUT2D eigenvalue weighted by Crippen LogP contribution is 2.36. The molecule has 2 N–H and O–H groups in total. The third-order valence-corrected chi connectivity index (χ3v) is 5.16. The lowest BCUT2D eigenvalue weighted by Crippen LogP contribution is -2.36. The van der Waals surface area contributed by atoms with Crippen LogP contribution in [-0.2, 0) is 19.1 Å². The number of aromatic nitrogens is 4. The van der Waals surface area contributed by atoms with Crippen molar-refractivity contribution in [1.29, 1.82) is 0 Å². The summed E-state index contributed by atoms with van der Waals surface area (Å²) in [6.45, 7) is 6.80. The summed E-state index contributed by atoms with van der Waals surface area (Å²) in [4.78, 5) is 10.6. The molecule has 28 heavy (non-hydrogen) atoms. The largest absolute Gasteiger partial charge is 0.435 e. The van der Waals surface area contributed by atoms with Gasteiger partial charge in [0.2, 0.25) is 0 Å². The van der Waals surface area contributed by atoms with Gasteiger partial charge in [0.25, 0.3) is 0 Å². The molecule has 0 saturated heterocycles. The first-order chi connectivity index (χ1) is 13.1. The van der Waals surface area contributed by atoms with Crippen molar-refractivity contribution in [2.75, 3.05) is 12.3 Å². The second-order valence-corrected chi connectivity index (χ2v) is 7.36. The first-order valence-electron chi connectivity index (χ1n) is 9.11. The Morgan fingerprint density at radius 2 is 1.93 bits per heavy atom. The van der Waals surface area contributed by atoms with E-state index in [9.17, 15) is 13.2 Å². The van der Waals surface area contributed by atoms with Crippen LogP contribution in [0.5, 0.6) is 0 Å². The van der Waals surface area contributed by atoms with Crippen LogP contribution in [0.1, 0.15) is 36.6 Å². The van der Waals surface area contributed by atoms with Gasteiger partial charge in [0.1, 0.15) is 11.6 Å². The molecule has 1 aliphatic rings. The van der Waals surface area contributed by atoms with Gasteiger partial charge in [-0.1, -0.05) is 0 Å². The van der Waals surface area contributed by atoms with E-state index in [2.05, 4.69) is 20.0 Å². The molecule has 0 atom stereocenters. The maximum absolute atomic E-state index is 13.6. The molecular weight excluding hydrogens is 369 g/mol. The Balaban J connectivity index is 1.90. The molecule has 0 unspecified atom stereocenters. The third-order valence-electron chi connectivity index (χ3n) is 5.16. The number of aryl methyl sites for hydroxylation is 1. The highest BCUT2D eigenvalue weighted by Gasteiger charge is 2.40. The number of hydrogen-bond donors (Lipinski definition) is 1. The third kappa shape index (κ3) is 3.09. The van der Waals surface area contributed by atoms with E-state index in [-0.39, 0.29) is 11.6 Å². The lowest BCUT2D eigenvalue weighted by atomic mass is 10.0. The van der Waals surface area contributed by atoms with Crippen LogP contribution in [0.25, 0.3) is 16.6 Å². The lowest BCUT2D eigenvalue weighted by Gasteiger charge is -2.31. The first-order valence-corrected chi connectivity index (χ1v) is 9.11. The van der Waals surface area contributed by atoms with Gasteiger partial charge in [-0.05, 0) is 45.4 Å². The number of halogens is 3. The highest BCUT2D eigenvalue weighted by molar-refractivity contribution is 5.89. The number of rotatable bonds is 2. The van der Waals surface area contributed by atoms with Crippen molar-refractivity contribution in [2.24, 2.45) is 0 Å². The fraction of sp³-hybridized carbons (Fsp3) is 0.421. The standard InChI is InChI=1S/C19H21F3N6/c1-10(2)27-7-6-13-16(9-27)28(26-17(13)19(20,21)22)12-4-5-15-14(8-12)18(23)25-11(3)24-15/h4-5,8,10H,6-7,9H2,1-3H3,(H2,23,24,25). The van der Waals surface area contributed by atoms with E-state index in [1.54, 1.807) is 25.1 Å². The molecule has 0 saturated carbocycles. The van der Waals surface area contributed by atoms with Crippen LogP contribution in [-0.4, -0.2) is 37.2 Å². The van der Waals surface area contributed by atoms with Crippen LogP contribution in [0.4, 0.5) is 19.0 Å². The summed E-state index contributed by atoms with van der Waals surface area (Å²) < 4.78 is 42.2. The zero-order valence-corrected chi connectivity index (χ0v) is 15.9. The molecule has 0 bridgehead atoms. The van der Waals surface area contributed by atoms with Gasteiger partial charge >= 0.3 is 6.18 Å². The second-order valence-electron chi connectivity index (χ2n) is 7.36. The van der Waals surface area contributed by atoms with Gasteiger partial charge in [-0.3, -0.25) is 4.90 Å². The molecule has 0 spiro atoms. The molecule has 1 aliphatic heterocycles. The number of nitrogens with zero attached hydrogens (tertiary/aromatic N) is 5. The summed E-state index contributed by atoms with van der Waals surface area (Å²) in [7, 11) is 0. The van der Waals surface area contributed by atoms with Gasteiger partial charge in [-0.25, -0.2) is 14.6 Å². The maximum Gasteiger partial charge on any atom is 0.435 e. The summed E-state index contributed by atoms with van der Waals surface area (Å²) in [5.41, 5.74) is 7.21. The van der Waals surface area contributed by atoms with Crippen LogP contribution in [0, 0.1) is 6.92 Å². The van der Waals surface area contributed by atoms with E-state index >= 15 is 0 Å². The van der Waals surface area contributed by atoms with Gasteiger partial charge in [0.05, 0.1) is 16.9 Å². The zero-order chi connectivity index (χ0) is 20.2. The van der Waals surface area contributed by atoms with Crippen molar-refractivity contribution in [1.82, 2.24) is 24.6 Å². The summed E-state index contributed by atoms with van der Waals surface area (Å²) in [6, 6.07) is 5.39. The van der Waals surface area contributed by atoms with Crippen molar-refractivity contribution in [3.63, 3.8) is 0 Å². The first kappa shape index (κ1) is 18.7. The topological polar surface area (TPSA) is 72.9 Å². The number of fused-ring (bicyclic) bond motifs is 2. The molecule has 4 rings (SSSR count). The van der Waals surface area contributed by atoms with E-state index in [0.717, 1.165) is 0 Å². The molecule has 3 aromatic rings. The van der Waals surface area contributed by atoms with E-state index in [1.165, 1.54) is 4.68 Å². The number of benzene rings is 1. The van der Waals surface area contributed by atoms with Crippen molar-refractivity contribution >= 4 is 16.7 Å². The van der Waals surface area contributed by atoms with Crippen LogP contribution < -0.4 is 5.73 Å². The highest BCUT2D eigenvalue weighted by atomic mass is 19.4. The Labute approximate surface area is 160 Å². The van der Waals surface area contributed by atoms with Gasteiger partial charge < -0.3 is 5.73 Å². The molecule has 6 nitrogen and oxygen atoms in total. The molecule has 2 aromatic heterocycles. The van der Waals surface area contributed by atoms with Crippen molar-refractivity contribution in [3.8, 4) is 5.69 Å². The van der Waals surface area contributed by atoms with E-state index < -0.39 is 11.9 Å². The second kappa shape index (κ2) is 6.44. The van der Waals surface area contributed by atoms with E-state index in [1.807, 2.05) is 13.8 Å². The van der Waals surface area contributed by atoms with Crippen LogP contribution >= 0.6 is 0 Å². The number of alkyl halides is 3. The van der Waals surface area contributed by atoms with Crippen molar-refractivity contribution in [3.05, 3.63) is 41.0 Å². The number of hydrogen-bond acceptors (Lipinski definition) is 5. The summed E-state index contributed by atoms with van der Waals surface area (Å²) >= 11 is 0. The van der Waals surface area contributed by atoms with E-state index in [4.69, 9.17) is 5.73 Å². The zero-order valence-electron chi connectivity index (χ0n) is 15.9. The Hall–Kier alpha value is -2.68. The fourth-order valence-electron chi connectivity index (χ4n) is 3.71. The Kier molecular flexibility index (Phi) is 4.29. The average Bonchev–Trinajstić information content (AvgIpc) is 3.00. The summed E-state index contributed by atoms with van der Waals surface area (Å²) in [5.74, 6) is 0.839. The molecule has 9 heteroatoms. The Morgan fingerprint density at radius 3 is 2.61 bits per heavy atom. The van der Waals surface area contributed by atoms with Gasteiger partial charge in [0.15, 0.2) is 5.69 Å². The molecule has 148 valence electrons. The normalized spacial score (nSPS) is 15.4. The van der Waals surface area contributed by atoms with Gasteiger partial charge in [-0.2, -0.15) is 18.3 Å². The molecule has 3 heterocycles. The number of nitrogen functional groups attached to an aromatic ring is 1. The minimum absolute atomic E-state index is 0.231. The van der Waals surface area contributed by atoms with Crippen molar-refractivity contribution < 1.29 is 13.2 Å². The quantitative estimate of drug-likeness (QED) is 0.725. The molecule has 0 aliphatic carbocycles. The van der Waals surface area contributed by atoms with Crippen LogP contribution in [0.15, 0.2) is 18.2 Å². The van der Waals surface area contributed by atoms with Crippen molar-refractivity contribution in [2.45, 2.75) is 46.0 Å². The van der Waals surface area contributed by atoms with Gasteiger partial charge in [-0.15, -0.1) is 0 Å². The maximum atomic E-state index is 13.6. The predicted molar refractivity (Wildman–Crippen MR) is 100 cm³/mol. The van der Waals surface area contributed by atoms with Crippen LogP contribution in [0.2, 0.25) is 0 Å². The average molecular weight is 390 g/mol. The summed E-state index contributed by atoms with van der Waals surface area (Å²) in [5, 5.41) is 4.56. The SMILES string of the molecule is Cc1nc(N)c2cc(-n3nc(C(F)(F)F)c4c3CN(C(C)C)CC4)ccc2n1. The Morgan fingerprint density at radius 1 is 1.18 bits per heavy atom. The van der Waals surface area contributed by atoms with Gasteiger partial charge in [0, 0.05) is 30.1 Å². The minimum atomic E-state index is -4.49. The summed E-state index contributed by atoms with van der Waals surface area (Å²) in [6.07, 6.45) is -4.17. The molecular formula is C19H21F3N6. The molecule has 0 fully saturated rings. The monoisotopic (exact) mass is 390 g/mol. The fourth-order valence-corrected chi connectivity index (χ4v) is 3.71. The molecule has 1 aromatic carbocycles. The number of anilines is 1. The Bertz CT molecular complexity index is 1050. The minimum Gasteiger partial charge on any atom is -0.383 e. The van der Waals surface area contributed by atoms with Crippen LogP contribution in [0.3, 0.4) is 0 Å². The lowest BCUT2D eigenvalue weighted by molar-refractivity contribution is -0.142. The predicted octanol–water partition coefficient (Wildman–Crippen LogP) is 3.49. The smallest absolute Gasteiger partial charge is 0.383 e.